The van der Waals surface area contributed by atoms with E-state index in [9.17, 15) is 0 Å². The van der Waals surface area contributed by atoms with Crippen LogP contribution in [-0.2, 0) is 25.9 Å². The van der Waals surface area contributed by atoms with Crippen LogP contribution in [0.5, 0.6) is 0 Å². The maximum Gasteiger partial charge on any atom is 0.171 e. The number of aromatic nitrogens is 2. The Labute approximate surface area is 219 Å². The zero-order chi connectivity index (χ0) is 25.3. The summed E-state index contributed by atoms with van der Waals surface area (Å²) in [4.78, 5) is 0. The lowest BCUT2D eigenvalue weighted by molar-refractivity contribution is -0.697. The Kier molecular flexibility index (Phi) is 12.4. The number of pyridine rings is 2. The number of hydrogen-bond donors (Lipinski definition) is 0. The van der Waals surface area contributed by atoms with Crippen LogP contribution in [0.2, 0.25) is 0 Å². The van der Waals surface area contributed by atoms with Crippen LogP contribution < -0.4 is 9.13 Å². The molecule has 0 aliphatic carbocycles. The smallest absolute Gasteiger partial charge is 0.171 e. The number of hydrogen-bond acceptors (Lipinski definition) is 0. The number of benzene rings is 1. The van der Waals surface area contributed by atoms with Crippen molar-refractivity contribution in [3.05, 3.63) is 95.6 Å². The second-order valence-electron chi connectivity index (χ2n) is 9.50. The van der Waals surface area contributed by atoms with Crippen LogP contribution in [0.3, 0.4) is 0 Å². The van der Waals surface area contributed by atoms with Gasteiger partial charge >= 0.3 is 0 Å². The summed E-state index contributed by atoms with van der Waals surface area (Å²) in [5.74, 6) is 13.3. The first-order valence-corrected chi connectivity index (χ1v) is 13.8. The topological polar surface area (TPSA) is 7.76 Å². The van der Waals surface area contributed by atoms with Crippen LogP contribution in [0.15, 0.2) is 73.3 Å². The second-order valence-corrected chi connectivity index (χ2v) is 9.50. The van der Waals surface area contributed by atoms with Gasteiger partial charge in [0.2, 0.25) is 0 Å². The summed E-state index contributed by atoms with van der Waals surface area (Å²) in [5, 5.41) is 0. The molecule has 0 amide bonds. The van der Waals surface area contributed by atoms with E-state index < -0.39 is 0 Å². The molecule has 2 heteroatoms. The Bertz CT molecular complexity index is 1100. The van der Waals surface area contributed by atoms with Crippen molar-refractivity contribution >= 4 is 0 Å². The van der Waals surface area contributed by atoms with Gasteiger partial charge in [0.05, 0.1) is 0 Å². The first-order chi connectivity index (χ1) is 17.8. The third-order valence-electron chi connectivity index (χ3n) is 6.24. The highest BCUT2D eigenvalue weighted by Gasteiger charge is 2.03. The number of aryl methyl sites for hydroxylation is 4. The van der Waals surface area contributed by atoms with Gasteiger partial charge in [-0.1, -0.05) is 56.4 Å². The maximum atomic E-state index is 3.35. The molecule has 0 unspecified atom stereocenters. The molecule has 2 heterocycles. The highest BCUT2D eigenvalue weighted by Crippen LogP contribution is 2.05. The van der Waals surface area contributed by atoms with E-state index >= 15 is 0 Å². The van der Waals surface area contributed by atoms with Crippen LogP contribution >= 0.6 is 0 Å². The minimum atomic E-state index is 0.902. The maximum absolute atomic E-state index is 3.35. The van der Waals surface area contributed by atoms with Gasteiger partial charge in [0, 0.05) is 60.1 Å². The number of unbranched alkanes of at least 4 members (excludes halogenated alkanes) is 4. The molecule has 3 rings (SSSR count). The SMILES string of the molecule is CCCCc1ccc[n+](CCCC#Cc2cccc(C#CCCC[n+]3cccc(CCCC)c3)c2)c1. The summed E-state index contributed by atoms with van der Waals surface area (Å²) in [6.45, 7) is 6.52. The molecule has 0 saturated carbocycles. The molecule has 0 atom stereocenters. The van der Waals surface area contributed by atoms with Crippen molar-refractivity contribution in [3.63, 3.8) is 0 Å². The summed E-state index contributed by atoms with van der Waals surface area (Å²) >= 11 is 0. The van der Waals surface area contributed by atoms with Crippen molar-refractivity contribution in [1.82, 2.24) is 0 Å². The molecule has 0 N–H and O–H groups in total. The van der Waals surface area contributed by atoms with Gasteiger partial charge in [-0.25, -0.2) is 9.13 Å². The minimum absolute atomic E-state index is 0.902. The van der Waals surface area contributed by atoms with E-state index in [-0.39, 0.29) is 0 Å². The van der Waals surface area contributed by atoms with Gasteiger partial charge in [0.15, 0.2) is 24.8 Å². The van der Waals surface area contributed by atoms with Gasteiger partial charge in [0.1, 0.15) is 13.1 Å². The molecular weight excluding hydrogens is 436 g/mol. The van der Waals surface area contributed by atoms with Crippen molar-refractivity contribution < 1.29 is 9.13 Å². The lowest BCUT2D eigenvalue weighted by Gasteiger charge is -1.99. The van der Waals surface area contributed by atoms with Gasteiger partial charge in [-0.3, -0.25) is 0 Å². The Morgan fingerprint density at radius 2 is 1.11 bits per heavy atom. The minimum Gasteiger partial charge on any atom is -0.205 e. The van der Waals surface area contributed by atoms with Crippen LogP contribution in [0.4, 0.5) is 0 Å². The van der Waals surface area contributed by atoms with E-state index in [1.165, 1.54) is 49.7 Å². The average Bonchev–Trinajstić information content (AvgIpc) is 2.91. The van der Waals surface area contributed by atoms with E-state index in [1.54, 1.807) is 0 Å². The van der Waals surface area contributed by atoms with Gasteiger partial charge in [-0.2, -0.15) is 0 Å². The van der Waals surface area contributed by atoms with Crippen molar-refractivity contribution in [3.8, 4) is 23.7 Å². The molecule has 0 aliphatic rings. The van der Waals surface area contributed by atoms with Crippen LogP contribution in [0, 0.1) is 23.7 Å². The van der Waals surface area contributed by atoms with E-state index in [2.05, 4.69) is 120 Å². The van der Waals surface area contributed by atoms with Gasteiger partial charge < -0.3 is 0 Å². The summed E-state index contributed by atoms with van der Waals surface area (Å²) in [5.41, 5.74) is 4.96. The molecule has 0 saturated heterocycles. The van der Waals surface area contributed by atoms with Crippen molar-refractivity contribution in [2.75, 3.05) is 0 Å². The lowest BCUT2D eigenvalue weighted by Crippen LogP contribution is -2.33. The normalized spacial score (nSPS) is 10.3. The third-order valence-corrected chi connectivity index (χ3v) is 6.24. The Hall–Kier alpha value is -3.36. The first kappa shape index (κ1) is 27.2. The fourth-order valence-electron chi connectivity index (χ4n) is 4.19. The molecule has 36 heavy (non-hydrogen) atoms. The average molecular weight is 479 g/mol. The molecule has 0 bridgehead atoms. The molecule has 1 aromatic carbocycles. The van der Waals surface area contributed by atoms with Crippen LogP contribution in [0.1, 0.15) is 87.5 Å². The molecule has 0 aliphatic heterocycles. The summed E-state index contributed by atoms with van der Waals surface area (Å²) in [7, 11) is 0. The fraction of sp³-hybridized carbons (Fsp3) is 0.412. The van der Waals surface area contributed by atoms with E-state index in [1.807, 2.05) is 0 Å². The van der Waals surface area contributed by atoms with Crippen molar-refractivity contribution in [2.24, 2.45) is 0 Å². The third kappa shape index (κ3) is 10.5. The lowest BCUT2D eigenvalue weighted by atomic mass is 10.1. The quantitative estimate of drug-likeness (QED) is 0.157. The van der Waals surface area contributed by atoms with Gasteiger partial charge in [-0.15, -0.1) is 0 Å². The molecule has 186 valence electrons. The Balaban J connectivity index is 1.41. The zero-order valence-electron chi connectivity index (χ0n) is 22.3. The van der Waals surface area contributed by atoms with E-state index in [0.29, 0.717) is 0 Å². The predicted octanol–water partition coefficient (Wildman–Crippen LogP) is 6.61. The molecule has 2 nitrogen and oxygen atoms in total. The molecule has 0 fully saturated rings. The summed E-state index contributed by atoms with van der Waals surface area (Å²) in [6, 6.07) is 17.1. The monoisotopic (exact) mass is 478 g/mol. The zero-order valence-corrected chi connectivity index (χ0v) is 22.3. The van der Waals surface area contributed by atoms with Crippen LogP contribution in [-0.4, -0.2) is 0 Å². The van der Waals surface area contributed by atoms with Gasteiger partial charge in [0.25, 0.3) is 0 Å². The number of rotatable bonds is 12. The largest absolute Gasteiger partial charge is 0.205 e. The van der Waals surface area contributed by atoms with Crippen LogP contribution in [0.25, 0.3) is 0 Å². The van der Waals surface area contributed by atoms with Crippen molar-refractivity contribution in [1.29, 1.82) is 0 Å². The standard InChI is InChI=1S/C34H42N2/c1-3-5-16-33-22-14-26-35(29-33)24-11-7-9-18-31-20-13-21-32(28-31)19-10-8-12-25-36-27-15-23-34(30-36)17-6-4-2/h13-15,20-23,26-30H,3-8,11-12,16-17,24-25H2,1-2H3/q+2. The summed E-state index contributed by atoms with van der Waals surface area (Å²) < 4.78 is 4.59. The highest BCUT2D eigenvalue weighted by molar-refractivity contribution is 5.43. The molecule has 0 spiro atoms. The van der Waals surface area contributed by atoms with Crippen molar-refractivity contribution in [2.45, 2.75) is 91.1 Å². The fourth-order valence-corrected chi connectivity index (χ4v) is 4.19. The molecule has 0 radical (unpaired) electrons. The van der Waals surface area contributed by atoms with E-state index in [0.717, 1.165) is 49.9 Å². The predicted molar refractivity (Wildman–Crippen MR) is 149 cm³/mol. The molecule has 3 aromatic rings. The molecular formula is C34H42N2+2. The Morgan fingerprint density at radius 3 is 1.58 bits per heavy atom. The summed E-state index contributed by atoms with van der Waals surface area (Å²) in [6.07, 6.45) is 20.2. The highest BCUT2D eigenvalue weighted by atomic mass is 14.9. The Morgan fingerprint density at radius 1 is 0.611 bits per heavy atom. The first-order valence-electron chi connectivity index (χ1n) is 13.8. The van der Waals surface area contributed by atoms with E-state index in [4.69, 9.17) is 0 Å². The number of nitrogens with zero attached hydrogens (tertiary/aromatic N) is 2. The molecule has 2 aromatic heterocycles. The second kappa shape index (κ2) is 16.3. The van der Waals surface area contributed by atoms with Gasteiger partial charge in [-0.05, 0) is 56.0 Å².